The van der Waals surface area contributed by atoms with E-state index >= 15 is 0 Å². The number of unbranched alkanes of at least 4 members (excludes halogenated alkanes) is 4. The van der Waals surface area contributed by atoms with Gasteiger partial charge in [-0.15, -0.1) is 0 Å². The maximum absolute atomic E-state index is 12.6. The molecule has 0 bridgehead atoms. The standard InChI is InChI=1S/C21H27NO3/c1-4-5-6-7-8-9-10-14-19-16(2)21(24)18-13-11-12-15-20(18)22(19)25-17(3)23/h9-13,15H,4-8,14H2,1-3H3. The average Bonchev–Trinajstić information content (AvgIpc) is 2.60. The van der Waals surface area contributed by atoms with Crippen molar-refractivity contribution < 1.29 is 9.63 Å². The van der Waals surface area contributed by atoms with E-state index in [1.54, 1.807) is 19.1 Å². The fourth-order valence-electron chi connectivity index (χ4n) is 2.94. The first kappa shape index (κ1) is 19.0. The molecule has 0 radical (unpaired) electrons. The Labute approximate surface area is 149 Å². The maximum atomic E-state index is 12.6. The Morgan fingerprint density at radius 3 is 2.64 bits per heavy atom. The molecule has 0 aliphatic carbocycles. The molecule has 0 saturated heterocycles. The Bertz CT molecular complexity index is 818. The Kier molecular flexibility index (Phi) is 6.99. The molecule has 0 spiro atoms. The predicted molar refractivity (Wildman–Crippen MR) is 102 cm³/mol. The second-order valence-electron chi connectivity index (χ2n) is 6.32. The fraction of sp³-hybridized carbons (Fsp3) is 0.429. The van der Waals surface area contributed by atoms with Gasteiger partial charge in [-0.05, 0) is 31.9 Å². The van der Waals surface area contributed by atoms with Crippen LogP contribution in [0, 0.1) is 6.92 Å². The predicted octanol–water partition coefficient (Wildman–Crippen LogP) is 4.35. The molecular weight excluding hydrogens is 314 g/mol. The van der Waals surface area contributed by atoms with Crippen molar-refractivity contribution in [1.29, 1.82) is 0 Å². The number of hydrogen-bond donors (Lipinski definition) is 0. The minimum absolute atomic E-state index is 0.00894. The number of nitrogens with zero attached hydrogens (tertiary/aromatic N) is 1. The third-order valence-corrected chi connectivity index (χ3v) is 4.31. The number of allylic oxidation sites excluding steroid dienone is 2. The van der Waals surface area contributed by atoms with Crippen molar-refractivity contribution in [3.63, 3.8) is 0 Å². The van der Waals surface area contributed by atoms with Gasteiger partial charge in [0.15, 0.2) is 5.43 Å². The summed E-state index contributed by atoms with van der Waals surface area (Å²) < 4.78 is 1.51. The molecule has 1 aromatic heterocycles. The lowest BCUT2D eigenvalue weighted by molar-refractivity contribution is -0.141. The lowest BCUT2D eigenvalue weighted by Gasteiger charge is -2.16. The zero-order valence-electron chi connectivity index (χ0n) is 15.4. The highest BCUT2D eigenvalue weighted by Gasteiger charge is 2.15. The Balaban J connectivity index is 2.31. The van der Waals surface area contributed by atoms with Gasteiger partial charge in [0.05, 0.1) is 11.2 Å². The van der Waals surface area contributed by atoms with Gasteiger partial charge < -0.3 is 4.84 Å². The molecule has 0 fully saturated rings. The normalized spacial score (nSPS) is 11.3. The quantitative estimate of drug-likeness (QED) is 0.530. The summed E-state index contributed by atoms with van der Waals surface area (Å²) in [5, 5.41) is 0.563. The van der Waals surface area contributed by atoms with Gasteiger partial charge in [0.1, 0.15) is 0 Å². The van der Waals surface area contributed by atoms with Gasteiger partial charge in [0.2, 0.25) is 0 Å². The van der Waals surface area contributed by atoms with E-state index in [-0.39, 0.29) is 5.43 Å². The maximum Gasteiger partial charge on any atom is 0.329 e. The molecule has 1 heterocycles. The summed E-state index contributed by atoms with van der Waals surface area (Å²) in [4.78, 5) is 29.6. The van der Waals surface area contributed by atoms with Gasteiger partial charge in [-0.1, -0.05) is 50.5 Å². The van der Waals surface area contributed by atoms with E-state index in [1.807, 2.05) is 12.1 Å². The molecule has 4 nitrogen and oxygen atoms in total. The molecule has 1 aromatic carbocycles. The van der Waals surface area contributed by atoms with E-state index < -0.39 is 5.97 Å². The van der Waals surface area contributed by atoms with E-state index in [1.165, 1.54) is 37.3 Å². The number of rotatable bonds is 8. The number of pyridine rings is 1. The zero-order valence-corrected chi connectivity index (χ0v) is 15.4. The molecule has 0 unspecified atom stereocenters. The second kappa shape index (κ2) is 9.21. The minimum atomic E-state index is -0.405. The van der Waals surface area contributed by atoms with Crippen LogP contribution in [-0.2, 0) is 11.2 Å². The van der Waals surface area contributed by atoms with Crippen LogP contribution in [0.1, 0.15) is 57.2 Å². The smallest absolute Gasteiger partial charge is 0.329 e. The Morgan fingerprint density at radius 2 is 1.92 bits per heavy atom. The van der Waals surface area contributed by atoms with Crippen molar-refractivity contribution in [3.05, 3.63) is 57.9 Å². The molecule has 0 aliphatic rings. The summed E-state index contributed by atoms with van der Waals surface area (Å²) in [7, 11) is 0. The van der Waals surface area contributed by atoms with Crippen LogP contribution in [-0.4, -0.2) is 10.7 Å². The highest BCUT2D eigenvalue weighted by atomic mass is 16.7. The number of hydrogen-bond acceptors (Lipinski definition) is 3. The second-order valence-corrected chi connectivity index (χ2v) is 6.32. The zero-order chi connectivity index (χ0) is 18.2. The number of aromatic nitrogens is 1. The average molecular weight is 341 g/mol. The molecule has 0 N–H and O–H groups in total. The third kappa shape index (κ3) is 4.81. The largest absolute Gasteiger partial charge is 0.337 e. The van der Waals surface area contributed by atoms with Gasteiger partial charge in [0, 0.05) is 24.3 Å². The first-order valence-electron chi connectivity index (χ1n) is 9.03. The summed E-state index contributed by atoms with van der Waals surface area (Å²) in [5.74, 6) is -0.405. The molecule has 0 atom stereocenters. The highest BCUT2D eigenvalue weighted by molar-refractivity contribution is 5.80. The van der Waals surface area contributed by atoms with Crippen molar-refractivity contribution in [2.45, 2.75) is 59.3 Å². The van der Waals surface area contributed by atoms with Crippen LogP contribution in [0.25, 0.3) is 10.9 Å². The van der Waals surface area contributed by atoms with E-state index in [2.05, 4.69) is 19.1 Å². The van der Waals surface area contributed by atoms with Crippen molar-refractivity contribution in [2.75, 3.05) is 0 Å². The van der Waals surface area contributed by atoms with Gasteiger partial charge in [-0.2, -0.15) is 4.73 Å². The van der Waals surface area contributed by atoms with Crippen molar-refractivity contribution in [1.82, 2.24) is 4.73 Å². The third-order valence-electron chi connectivity index (χ3n) is 4.31. The van der Waals surface area contributed by atoms with Crippen molar-refractivity contribution >= 4 is 16.9 Å². The first-order valence-corrected chi connectivity index (χ1v) is 9.03. The highest BCUT2D eigenvalue weighted by Crippen LogP contribution is 2.16. The van der Waals surface area contributed by atoms with E-state index in [9.17, 15) is 9.59 Å². The van der Waals surface area contributed by atoms with E-state index in [0.717, 1.165) is 12.1 Å². The van der Waals surface area contributed by atoms with Gasteiger partial charge in [-0.3, -0.25) is 4.79 Å². The van der Waals surface area contributed by atoms with Crippen molar-refractivity contribution in [3.8, 4) is 0 Å². The number of fused-ring (bicyclic) bond motifs is 1. The topological polar surface area (TPSA) is 48.3 Å². The molecule has 25 heavy (non-hydrogen) atoms. The van der Waals surface area contributed by atoms with Gasteiger partial charge in [-0.25, -0.2) is 4.79 Å². The lowest BCUT2D eigenvalue weighted by Crippen LogP contribution is -2.26. The molecule has 0 aliphatic heterocycles. The summed E-state index contributed by atoms with van der Waals surface area (Å²) in [6, 6.07) is 7.22. The number of carbonyl (C=O) groups excluding carboxylic acids is 1. The van der Waals surface area contributed by atoms with Crippen LogP contribution >= 0.6 is 0 Å². The van der Waals surface area contributed by atoms with E-state index in [0.29, 0.717) is 22.9 Å². The Hall–Kier alpha value is -2.36. The van der Waals surface area contributed by atoms with Crippen molar-refractivity contribution in [2.24, 2.45) is 0 Å². The van der Waals surface area contributed by atoms with Gasteiger partial charge in [0.25, 0.3) is 0 Å². The molecular formula is C21H27NO3. The monoisotopic (exact) mass is 341 g/mol. The molecule has 0 saturated carbocycles. The lowest BCUT2D eigenvalue weighted by atomic mass is 10.1. The molecule has 2 rings (SSSR count). The molecule has 0 amide bonds. The van der Waals surface area contributed by atoms with Gasteiger partial charge >= 0.3 is 5.97 Å². The van der Waals surface area contributed by atoms with Crippen LogP contribution in [0.5, 0.6) is 0 Å². The van der Waals surface area contributed by atoms with E-state index in [4.69, 9.17) is 4.84 Å². The number of benzene rings is 1. The fourth-order valence-corrected chi connectivity index (χ4v) is 2.94. The summed E-state index contributed by atoms with van der Waals surface area (Å²) in [5.41, 5.74) is 1.96. The van der Waals surface area contributed by atoms with Crippen LogP contribution in [0.4, 0.5) is 0 Å². The SMILES string of the molecule is CCCCCCC=CCc1c(C)c(=O)c2ccccc2n1OC(C)=O. The minimum Gasteiger partial charge on any atom is -0.337 e. The number of carbonyl (C=O) groups is 1. The summed E-state index contributed by atoms with van der Waals surface area (Å²) >= 11 is 0. The Morgan fingerprint density at radius 1 is 1.16 bits per heavy atom. The number of para-hydroxylation sites is 1. The molecule has 2 aromatic rings. The molecule has 134 valence electrons. The van der Waals surface area contributed by atoms with Crippen LogP contribution in [0.2, 0.25) is 0 Å². The first-order chi connectivity index (χ1) is 12.1. The van der Waals surface area contributed by atoms with Crippen LogP contribution < -0.4 is 10.3 Å². The molecule has 4 heteroatoms. The summed E-state index contributed by atoms with van der Waals surface area (Å²) in [6.45, 7) is 5.36. The van der Waals surface area contributed by atoms with Crippen LogP contribution in [0.3, 0.4) is 0 Å². The summed E-state index contributed by atoms with van der Waals surface area (Å²) in [6.07, 6.45) is 10.7. The van der Waals surface area contributed by atoms with Crippen LogP contribution in [0.15, 0.2) is 41.2 Å².